The Balaban J connectivity index is 1.49. The van der Waals surface area contributed by atoms with Crippen LogP contribution >= 0.6 is 0 Å². The molecule has 0 aliphatic carbocycles. The van der Waals surface area contributed by atoms with Crippen molar-refractivity contribution >= 4 is 5.96 Å². The second-order valence-corrected chi connectivity index (χ2v) is 7.91. The van der Waals surface area contributed by atoms with Crippen LogP contribution in [0.25, 0.3) is 0 Å². The smallest absolute Gasteiger partial charge is 0.193 e. The van der Waals surface area contributed by atoms with Crippen LogP contribution < -0.4 is 5.32 Å². The number of benzene rings is 1. The summed E-state index contributed by atoms with van der Waals surface area (Å²) in [6, 6.07) is 10.5. The fourth-order valence-corrected chi connectivity index (χ4v) is 3.99. The van der Waals surface area contributed by atoms with Gasteiger partial charge < -0.3 is 14.8 Å². The molecule has 0 amide bonds. The van der Waals surface area contributed by atoms with Gasteiger partial charge in [-0.3, -0.25) is 4.99 Å². The third kappa shape index (κ3) is 5.59. The fraction of sp³-hybridized carbons (Fsp3) is 0.545. The Morgan fingerprint density at radius 1 is 1.30 bits per heavy atom. The maximum absolute atomic E-state index is 4.55. The Hall–Kier alpha value is -2.30. The molecule has 5 heteroatoms. The molecular formula is C22H33N5. The Kier molecular flexibility index (Phi) is 6.91. The molecule has 1 aliphatic rings. The van der Waals surface area contributed by atoms with E-state index in [1.807, 2.05) is 13.2 Å². The van der Waals surface area contributed by atoms with Crippen molar-refractivity contribution in [2.24, 2.45) is 16.8 Å². The lowest BCUT2D eigenvalue weighted by molar-refractivity contribution is 0.403. The Bertz CT molecular complexity index is 719. The van der Waals surface area contributed by atoms with Crippen LogP contribution in [0.15, 0.2) is 47.7 Å². The second-order valence-electron chi connectivity index (χ2n) is 7.91. The average Bonchev–Trinajstić information content (AvgIpc) is 3.29. The van der Waals surface area contributed by atoms with Crippen LogP contribution in [0, 0.1) is 11.8 Å². The molecule has 0 spiro atoms. The van der Waals surface area contributed by atoms with Crippen LogP contribution in [0.3, 0.4) is 0 Å². The highest BCUT2D eigenvalue weighted by Crippen LogP contribution is 2.23. The number of aromatic nitrogens is 2. The lowest BCUT2D eigenvalue weighted by atomic mass is 9.97. The normalized spacial score (nSPS) is 17.7. The van der Waals surface area contributed by atoms with Gasteiger partial charge in [0.2, 0.25) is 0 Å². The Morgan fingerprint density at radius 2 is 2.11 bits per heavy atom. The van der Waals surface area contributed by atoms with Crippen molar-refractivity contribution in [3.05, 3.63) is 54.1 Å². The quantitative estimate of drug-likeness (QED) is 0.602. The van der Waals surface area contributed by atoms with Gasteiger partial charge in [-0.05, 0) is 30.2 Å². The van der Waals surface area contributed by atoms with Gasteiger partial charge in [0.1, 0.15) is 5.82 Å². The summed E-state index contributed by atoms with van der Waals surface area (Å²) in [6.45, 7) is 8.58. The lowest BCUT2D eigenvalue weighted by Gasteiger charge is -2.22. The van der Waals surface area contributed by atoms with E-state index >= 15 is 0 Å². The van der Waals surface area contributed by atoms with Gasteiger partial charge in [0.05, 0.1) is 0 Å². The van der Waals surface area contributed by atoms with Crippen LogP contribution in [0.4, 0.5) is 0 Å². The molecule has 1 N–H and O–H groups in total. The minimum absolute atomic E-state index is 0.772. The van der Waals surface area contributed by atoms with Gasteiger partial charge in [0.15, 0.2) is 5.96 Å². The first-order chi connectivity index (χ1) is 13.2. The van der Waals surface area contributed by atoms with E-state index in [0.717, 1.165) is 56.2 Å². The molecule has 1 aromatic heterocycles. The molecule has 2 aromatic rings. The number of guanidine groups is 1. The zero-order chi connectivity index (χ0) is 19.1. The monoisotopic (exact) mass is 367 g/mol. The molecule has 1 fully saturated rings. The molecule has 1 saturated heterocycles. The molecule has 1 unspecified atom stereocenters. The van der Waals surface area contributed by atoms with E-state index in [2.05, 4.69) is 75.1 Å². The summed E-state index contributed by atoms with van der Waals surface area (Å²) in [4.78, 5) is 11.4. The van der Waals surface area contributed by atoms with Gasteiger partial charge in [-0.2, -0.15) is 0 Å². The third-order valence-corrected chi connectivity index (χ3v) is 5.23. The first-order valence-corrected chi connectivity index (χ1v) is 10.1. The van der Waals surface area contributed by atoms with Gasteiger partial charge >= 0.3 is 0 Å². The predicted octanol–water partition coefficient (Wildman–Crippen LogP) is 3.42. The van der Waals surface area contributed by atoms with E-state index in [-0.39, 0.29) is 0 Å². The van der Waals surface area contributed by atoms with Gasteiger partial charge in [0.25, 0.3) is 0 Å². The van der Waals surface area contributed by atoms with E-state index in [9.17, 15) is 0 Å². The highest BCUT2D eigenvalue weighted by atomic mass is 15.3. The number of imidazole rings is 1. The Labute approximate surface area is 163 Å². The van der Waals surface area contributed by atoms with Crippen molar-refractivity contribution in [1.29, 1.82) is 0 Å². The summed E-state index contributed by atoms with van der Waals surface area (Å²) in [5, 5.41) is 3.54. The largest absolute Gasteiger partial charge is 0.356 e. The standard InChI is InChI=1S/C22H33N5/c1-18(2)15-20-10-13-27(17-20)22(23-3)25-11-9-21-24-12-14-26(21)16-19-7-5-4-6-8-19/h4-8,12,14,18,20H,9-11,13,15-17H2,1-3H3,(H,23,25). The van der Waals surface area contributed by atoms with E-state index < -0.39 is 0 Å². The van der Waals surface area contributed by atoms with Crippen molar-refractivity contribution in [3.63, 3.8) is 0 Å². The maximum atomic E-state index is 4.55. The molecule has 1 aromatic carbocycles. The van der Waals surface area contributed by atoms with Crippen molar-refractivity contribution < 1.29 is 0 Å². The highest BCUT2D eigenvalue weighted by Gasteiger charge is 2.25. The minimum atomic E-state index is 0.772. The van der Waals surface area contributed by atoms with Gasteiger partial charge in [-0.15, -0.1) is 0 Å². The van der Waals surface area contributed by atoms with Gasteiger partial charge in [0, 0.05) is 52.0 Å². The summed E-state index contributed by atoms with van der Waals surface area (Å²) < 4.78 is 2.23. The van der Waals surface area contributed by atoms with E-state index in [1.165, 1.54) is 18.4 Å². The van der Waals surface area contributed by atoms with Gasteiger partial charge in [-0.25, -0.2) is 4.98 Å². The third-order valence-electron chi connectivity index (χ3n) is 5.23. The molecule has 0 bridgehead atoms. The predicted molar refractivity (Wildman–Crippen MR) is 112 cm³/mol. The highest BCUT2D eigenvalue weighted by molar-refractivity contribution is 5.80. The van der Waals surface area contributed by atoms with E-state index in [1.54, 1.807) is 0 Å². The van der Waals surface area contributed by atoms with E-state index in [4.69, 9.17) is 0 Å². The van der Waals surface area contributed by atoms with Crippen LogP contribution in [0.1, 0.15) is 38.1 Å². The topological polar surface area (TPSA) is 45.5 Å². The second kappa shape index (κ2) is 9.58. The van der Waals surface area contributed by atoms with Gasteiger partial charge in [-0.1, -0.05) is 44.2 Å². The first kappa shape index (κ1) is 19.5. The number of likely N-dealkylation sites (tertiary alicyclic amines) is 1. The number of rotatable bonds is 7. The molecule has 146 valence electrons. The number of aliphatic imine (C=N–C) groups is 1. The zero-order valence-electron chi connectivity index (χ0n) is 16.9. The molecule has 1 atom stereocenters. The molecule has 0 radical (unpaired) electrons. The lowest BCUT2D eigenvalue weighted by Crippen LogP contribution is -2.41. The molecule has 5 nitrogen and oxygen atoms in total. The summed E-state index contributed by atoms with van der Waals surface area (Å²) in [5.41, 5.74) is 1.30. The molecule has 2 heterocycles. The van der Waals surface area contributed by atoms with Crippen LogP contribution in [0.2, 0.25) is 0 Å². The molecule has 27 heavy (non-hydrogen) atoms. The number of hydrogen-bond acceptors (Lipinski definition) is 2. The summed E-state index contributed by atoms with van der Waals surface area (Å²) in [5.74, 6) is 3.71. The molecular weight excluding hydrogens is 334 g/mol. The molecule has 3 rings (SSSR count). The first-order valence-electron chi connectivity index (χ1n) is 10.1. The van der Waals surface area contributed by atoms with Crippen LogP contribution in [0.5, 0.6) is 0 Å². The maximum Gasteiger partial charge on any atom is 0.193 e. The fourth-order valence-electron chi connectivity index (χ4n) is 3.99. The summed E-state index contributed by atoms with van der Waals surface area (Å²) >= 11 is 0. The zero-order valence-corrected chi connectivity index (χ0v) is 16.9. The minimum Gasteiger partial charge on any atom is -0.356 e. The van der Waals surface area contributed by atoms with Crippen molar-refractivity contribution in [3.8, 4) is 0 Å². The SMILES string of the molecule is CN=C(NCCc1nccn1Cc1ccccc1)N1CCC(CC(C)C)C1. The van der Waals surface area contributed by atoms with Crippen LogP contribution in [-0.4, -0.2) is 47.1 Å². The average molecular weight is 368 g/mol. The van der Waals surface area contributed by atoms with Crippen molar-refractivity contribution in [1.82, 2.24) is 19.8 Å². The molecule has 1 aliphatic heterocycles. The van der Waals surface area contributed by atoms with Crippen molar-refractivity contribution in [2.75, 3.05) is 26.7 Å². The number of nitrogens with one attached hydrogen (secondary N) is 1. The van der Waals surface area contributed by atoms with E-state index in [0.29, 0.717) is 0 Å². The number of hydrogen-bond donors (Lipinski definition) is 1. The van der Waals surface area contributed by atoms with Crippen molar-refractivity contribution in [2.45, 2.75) is 39.7 Å². The van der Waals surface area contributed by atoms with Crippen LogP contribution in [-0.2, 0) is 13.0 Å². The Morgan fingerprint density at radius 3 is 2.85 bits per heavy atom. The molecule has 0 saturated carbocycles. The number of nitrogens with zero attached hydrogens (tertiary/aromatic N) is 4. The summed E-state index contributed by atoms with van der Waals surface area (Å²) in [7, 11) is 1.88. The summed E-state index contributed by atoms with van der Waals surface area (Å²) in [6.07, 6.45) is 7.44.